The molecule has 0 spiro atoms. The molecule has 1 saturated heterocycles. The standard InChI is InChI=1S/C30H45N3O6/c1-4-29-24-38-17-13-32(22-26-8-6-9-27(21-26)30(34)35-3)11-15-36-19-20-37-16-12-33(14-18-39-29)23-28-10-5-7-25(2)31-28/h5-10,21,29H,4,11-20,22-24H2,1-3H3/t29-/m1/s1. The van der Waals surface area contributed by atoms with E-state index in [1.54, 1.807) is 6.07 Å². The number of hydrogen-bond donors (Lipinski definition) is 0. The largest absolute Gasteiger partial charge is 0.465 e. The van der Waals surface area contributed by atoms with Crippen LogP contribution in [0.5, 0.6) is 0 Å². The summed E-state index contributed by atoms with van der Waals surface area (Å²) >= 11 is 0. The van der Waals surface area contributed by atoms with Crippen molar-refractivity contribution in [2.24, 2.45) is 0 Å². The number of aromatic nitrogens is 1. The predicted molar refractivity (Wildman–Crippen MR) is 150 cm³/mol. The summed E-state index contributed by atoms with van der Waals surface area (Å²) < 4.78 is 28.8. The molecule has 216 valence electrons. The first-order valence-electron chi connectivity index (χ1n) is 14.0. The fraction of sp³-hybridized carbons (Fsp3) is 0.600. The highest BCUT2D eigenvalue weighted by Crippen LogP contribution is 2.11. The molecule has 1 aliphatic heterocycles. The molecule has 1 aliphatic rings. The molecular weight excluding hydrogens is 498 g/mol. The lowest BCUT2D eigenvalue weighted by Crippen LogP contribution is -2.34. The summed E-state index contributed by atoms with van der Waals surface area (Å²) in [6.07, 6.45) is 0.938. The molecule has 39 heavy (non-hydrogen) atoms. The van der Waals surface area contributed by atoms with Crippen molar-refractivity contribution in [2.75, 3.05) is 79.5 Å². The predicted octanol–water partition coefficient (Wildman–Crippen LogP) is 3.34. The van der Waals surface area contributed by atoms with Crippen molar-refractivity contribution >= 4 is 5.97 Å². The first-order chi connectivity index (χ1) is 19.1. The topological polar surface area (TPSA) is 82.6 Å². The maximum Gasteiger partial charge on any atom is 0.337 e. The maximum atomic E-state index is 11.9. The van der Waals surface area contributed by atoms with Crippen LogP contribution in [0.4, 0.5) is 0 Å². The number of carbonyl (C=O) groups excluding carboxylic acids is 1. The Hall–Kier alpha value is -2.40. The summed E-state index contributed by atoms with van der Waals surface area (Å²) in [5.74, 6) is -0.330. The van der Waals surface area contributed by atoms with E-state index < -0.39 is 0 Å². The first-order valence-corrected chi connectivity index (χ1v) is 14.0. The van der Waals surface area contributed by atoms with Gasteiger partial charge in [-0.15, -0.1) is 0 Å². The van der Waals surface area contributed by atoms with Gasteiger partial charge in [-0.05, 0) is 43.2 Å². The van der Waals surface area contributed by atoms with Crippen molar-refractivity contribution < 1.29 is 28.5 Å². The van der Waals surface area contributed by atoms with Crippen LogP contribution in [0.3, 0.4) is 0 Å². The van der Waals surface area contributed by atoms with Crippen molar-refractivity contribution in [3.63, 3.8) is 0 Å². The molecule has 1 aromatic carbocycles. The molecule has 1 atom stereocenters. The molecule has 0 aliphatic carbocycles. The zero-order valence-electron chi connectivity index (χ0n) is 23.8. The Morgan fingerprint density at radius 2 is 1.56 bits per heavy atom. The van der Waals surface area contributed by atoms with Gasteiger partial charge in [-0.1, -0.05) is 25.1 Å². The van der Waals surface area contributed by atoms with E-state index in [2.05, 4.69) is 33.8 Å². The highest BCUT2D eigenvalue weighted by molar-refractivity contribution is 5.89. The number of pyridine rings is 1. The van der Waals surface area contributed by atoms with Gasteiger partial charge in [-0.3, -0.25) is 14.8 Å². The van der Waals surface area contributed by atoms with E-state index in [-0.39, 0.29) is 12.1 Å². The molecule has 0 bridgehead atoms. The molecule has 0 radical (unpaired) electrons. The molecular formula is C30H45N3O6. The Morgan fingerprint density at radius 3 is 2.26 bits per heavy atom. The number of esters is 1. The normalized spacial score (nSPS) is 20.1. The summed E-state index contributed by atoms with van der Waals surface area (Å²) in [7, 11) is 1.40. The van der Waals surface area contributed by atoms with Crippen LogP contribution in [-0.2, 0) is 36.8 Å². The van der Waals surface area contributed by atoms with Gasteiger partial charge in [0.05, 0.1) is 70.7 Å². The summed E-state index contributed by atoms with van der Waals surface area (Å²) in [6, 6.07) is 13.7. The maximum absolute atomic E-state index is 11.9. The third kappa shape index (κ3) is 12.1. The third-order valence-electron chi connectivity index (χ3n) is 6.63. The molecule has 1 fully saturated rings. The highest BCUT2D eigenvalue weighted by atomic mass is 16.5. The molecule has 0 N–H and O–H groups in total. The number of aryl methyl sites for hydroxylation is 1. The molecule has 0 amide bonds. The van der Waals surface area contributed by atoms with Crippen molar-refractivity contribution in [3.8, 4) is 0 Å². The van der Waals surface area contributed by atoms with Crippen molar-refractivity contribution in [2.45, 2.75) is 39.5 Å². The molecule has 2 heterocycles. The molecule has 1 aromatic heterocycles. The van der Waals surface area contributed by atoms with Crippen molar-refractivity contribution in [3.05, 3.63) is 65.0 Å². The van der Waals surface area contributed by atoms with E-state index in [0.29, 0.717) is 58.4 Å². The number of benzene rings is 1. The lowest BCUT2D eigenvalue weighted by Gasteiger charge is -2.25. The Kier molecular flexibility index (Phi) is 14.4. The van der Waals surface area contributed by atoms with Crippen LogP contribution in [0, 0.1) is 6.92 Å². The minimum Gasteiger partial charge on any atom is -0.465 e. The molecule has 0 saturated carbocycles. The zero-order valence-corrected chi connectivity index (χ0v) is 23.8. The number of ether oxygens (including phenoxy) is 5. The fourth-order valence-electron chi connectivity index (χ4n) is 4.38. The van der Waals surface area contributed by atoms with Gasteiger partial charge in [0, 0.05) is 45.0 Å². The van der Waals surface area contributed by atoms with Gasteiger partial charge in [0.1, 0.15) is 0 Å². The van der Waals surface area contributed by atoms with Crippen LogP contribution in [0.2, 0.25) is 0 Å². The van der Waals surface area contributed by atoms with Gasteiger partial charge in [0.25, 0.3) is 0 Å². The van der Waals surface area contributed by atoms with Crippen LogP contribution in [0.25, 0.3) is 0 Å². The summed E-state index contributed by atoms with van der Waals surface area (Å²) in [5, 5.41) is 0. The second-order valence-electron chi connectivity index (χ2n) is 9.72. The minimum absolute atomic E-state index is 0.0487. The summed E-state index contributed by atoms with van der Waals surface area (Å²) in [4.78, 5) is 21.2. The zero-order chi connectivity index (χ0) is 27.7. The number of nitrogens with zero attached hydrogens (tertiary/aromatic N) is 3. The Balaban J connectivity index is 1.54. The number of methoxy groups -OCH3 is 1. The van der Waals surface area contributed by atoms with Gasteiger partial charge in [0.2, 0.25) is 0 Å². The van der Waals surface area contributed by atoms with Crippen molar-refractivity contribution in [1.82, 2.24) is 14.8 Å². The summed E-state index contributed by atoms with van der Waals surface area (Å²) in [5.41, 5.74) is 3.67. The van der Waals surface area contributed by atoms with Crippen LogP contribution in [0.15, 0.2) is 42.5 Å². The lowest BCUT2D eigenvalue weighted by molar-refractivity contribution is -0.0343. The number of carbonyl (C=O) groups is 1. The Labute approximate surface area is 233 Å². The van der Waals surface area contributed by atoms with Gasteiger partial charge in [-0.25, -0.2) is 4.79 Å². The van der Waals surface area contributed by atoms with Gasteiger partial charge >= 0.3 is 5.97 Å². The molecule has 9 nitrogen and oxygen atoms in total. The van der Waals surface area contributed by atoms with Crippen molar-refractivity contribution in [1.29, 1.82) is 0 Å². The summed E-state index contributed by atoms with van der Waals surface area (Å²) in [6.45, 7) is 12.8. The third-order valence-corrected chi connectivity index (χ3v) is 6.63. The van der Waals surface area contributed by atoms with Crippen LogP contribution < -0.4 is 0 Å². The molecule has 3 rings (SSSR count). The Morgan fingerprint density at radius 1 is 0.897 bits per heavy atom. The van der Waals surface area contributed by atoms with Gasteiger partial charge < -0.3 is 23.7 Å². The van der Waals surface area contributed by atoms with E-state index in [4.69, 9.17) is 23.7 Å². The second kappa shape index (κ2) is 18.0. The van der Waals surface area contributed by atoms with E-state index in [1.165, 1.54) is 7.11 Å². The smallest absolute Gasteiger partial charge is 0.337 e. The molecule has 9 heteroatoms. The molecule has 2 aromatic rings. The van der Waals surface area contributed by atoms with E-state index in [1.807, 2.05) is 31.2 Å². The first kappa shape index (κ1) is 31.1. The average molecular weight is 544 g/mol. The van der Waals surface area contributed by atoms with Crippen LogP contribution >= 0.6 is 0 Å². The Bertz CT molecular complexity index is 975. The van der Waals surface area contributed by atoms with Gasteiger partial charge in [-0.2, -0.15) is 0 Å². The van der Waals surface area contributed by atoms with E-state index >= 15 is 0 Å². The lowest BCUT2D eigenvalue weighted by atomic mass is 10.1. The van der Waals surface area contributed by atoms with E-state index in [0.717, 1.165) is 56.1 Å². The highest BCUT2D eigenvalue weighted by Gasteiger charge is 2.13. The van der Waals surface area contributed by atoms with Crippen LogP contribution in [0.1, 0.15) is 40.7 Å². The average Bonchev–Trinajstić information content (AvgIpc) is 2.94. The number of hydrogen-bond acceptors (Lipinski definition) is 9. The quantitative estimate of drug-likeness (QED) is 0.510. The number of rotatable bonds is 6. The van der Waals surface area contributed by atoms with Gasteiger partial charge in [0.15, 0.2) is 0 Å². The molecule has 0 unspecified atom stereocenters. The second-order valence-corrected chi connectivity index (χ2v) is 9.72. The SMILES string of the molecule is CC[C@@H]1COCCN(Cc2cccc(C(=O)OC)c2)CCOCCOCCN(Cc2cccc(C)n2)CCO1. The van der Waals surface area contributed by atoms with Crippen LogP contribution in [-0.4, -0.2) is 106 Å². The van der Waals surface area contributed by atoms with E-state index in [9.17, 15) is 4.79 Å². The fourth-order valence-corrected chi connectivity index (χ4v) is 4.38. The monoisotopic (exact) mass is 543 g/mol. The minimum atomic E-state index is -0.330.